The van der Waals surface area contributed by atoms with Gasteiger partial charge in [0.15, 0.2) is 5.82 Å². The lowest BCUT2D eigenvalue weighted by Gasteiger charge is -2.10. The number of nitrogens with zero attached hydrogens (tertiary/aromatic N) is 2. The van der Waals surface area contributed by atoms with Crippen molar-refractivity contribution in [3.63, 3.8) is 0 Å². The summed E-state index contributed by atoms with van der Waals surface area (Å²) in [7, 11) is 1.61. The van der Waals surface area contributed by atoms with Crippen molar-refractivity contribution < 1.29 is 9.53 Å². The fourth-order valence-corrected chi connectivity index (χ4v) is 2.71. The van der Waals surface area contributed by atoms with Gasteiger partial charge in [0, 0.05) is 11.8 Å². The Morgan fingerprint density at radius 2 is 1.85 bits per heavy atom. The van der Waals surface area contributed by atoms with E-state index in [1.165, 1.54) is 6.20 Å². The van der Waals surface area contributed by atoms with Gasteiger partial charge in [0.05, 0.1) is 34.1 Å². The quantitative estimate of drug-likeness (QED) is 0.682. The zero-order valence-electron chi connectivity index (χ0n) is 14.1. The van der Waals surface area contributed by atoms with Gasteiger partial charge in [-0.15, -0.1) is 0 Å². The first-order chi connectivity index (χ1) is 12.5. The van der Waals surface area contributed by atoms with Crippen molar-refractivity contribution in [3.8, 4) is 17.1 Å². The van der Waals surface area contributed by atoms with Crippen LogP contribution in [0.1, 0.15) is 16.1 Å². The van der Waals surface area contributed by atoms with Gasteiger partial charge in [-0.25, -0.2) is 9.97 Å². The fourth-order valence-electron chi connectivity index (χ4n) is 2.36. The molecule has 1 N–H and O–H groups in total. The monoisotopic (exact) mass is 387 g/mol. The Labute approximate surface area is 161 Å². The van der Waals surface area contributed by atoms with Crippen molar-refractivity contribution in [2.75, 3.05) is 12.4 Å². The normalized spacial score (nSPS) is 10.5. The number of carbonyl (C=O) groups is 1. The van der Waals surface area contributed by atoms with Crippen LogP contribution in [0.25, 0.3) is 11.4 Å². The third-order valence-electron chi connectivity index (χ3n) is 3.77. The number of nitrogens with one attached hydrogen (secondary N) is 1. The highest BCUT2D eigenvalue weighted by Gasteiger charge is 2.15. The van der Waals surface area contributed by atoms with Gasteiger partial charge < -0.3 is 10.1 Å². The first-order valence-corrected chi connectivity index (χ1v) is 8.48. The number of anilines is 1. The van der Waals surface area contributed by atoms with Gasteiger partial charge in [0.1, 0.15) is 5.75 Å². The predicted octanol–water partition coefficient (Wildman–Crippen LogP) is 5.02. The minimum atomic E-state index is -0.354. The van der Waals surface area contributed by atoms with E-state index >= 15 is 0 Å². The molecule has 0 radical (unpaired) electrons. The van der Waals surface area contributed by atoms with E-state index in [0.717, 1.165) is 11.3 Å². The molecule has 0 aliphatic rings. The number of benzene rings is 2. The lowest BCUT2D eigenvalue weighted by Crippen LogP contribution is -2.15. The third-order valence-corrected chi connectivity index (χ3v) is 4.59. The van der Waals surface area contributed by atoms with Crippen molar-refractivity contribution >= 4 is 34.8 Å². The van der Waals surface area contributed by atoms with E-state index in [4.69, 9.17) is 27.9 Å². The summed E-state index contributed by atoms with van der Waals surface area (Å²) in [5, 5.41) is 3.39. The number of ether oxygens (including phenoxy) is 1. The number of aromatic nitrogens is 2. The number of hydrogen-bond acceptors (Lipinski definition) is 4. The number of hydrogen-bond donors (Lipinski definition) is 1. The Hall–Kier alpha value is -2.63. The Balaban J connectivity index is 1.84. The molecule has 2 aromatic carbocycles. The topological polar surface area (TPSA) is 64.1 Å². The van der Waals surface area contributed by atoms with Crippen molar-refractivity contribution in [1.29, 1.82) is 0 Å². The summed E-state index contributed by atoms with van der Waals surface area (Å²) >= 11 is 12.1. The lowest BCUT2D eigenvalue weighted by atomic mass is 10.1. The highest BCUT2D eigenvalue weighted by molar-refractivity contribution is 6.44. The molecule has 7 heteroatoms. The van der Waals surface area contributed by atoms with Gasteiger partial charge in [-0.2, -0.15) is 0 Å². The van der Waals surface area contributed by atoms with Crippen molar-refractivity contribution in [3.05, 3.63) is 70.0 Å². The van der Waals surface area contributed by atoms with E-state index in [2.05, 4.69) is 15.3 Å². The zero-order chi connectivity index (χ0) is 18.7. The van der Waals surface area contributed by atoms with Crippen molar-refractivity contribution in [2.45, 2.75) is 6.92 Å². The van der Waals surface area contributed by atoms with Gasteiger partial charge in [-0.05, 0) is 43.3 Å². The minimum absolute atomic E-state index is 0.288. The van der Waals surface area contributed by atoms with Crippen LogP contribution in [-0.2, 0) is 0 Å². The van der Waals surface area contributed by atoms with Crippen LogP contribution in [0.15, 0.2) is 48.7 Å². The molecule has 1 heterocycles. The van der Waals surface area contributed by atoms with E-state index in [9.17, 15) is 4.79 Å². The summed E-state index contributed by atoms with van der Waals surface area (Å²) in [6, 6.07) is 12.4. The maximum Gasteiger partial charge on any atom is 0.259 e. The van der Waals surface area contributed by atoms with Crippen LogP contribution in [-0.4, -0.2) is 23.0 Å². The van der Waals surface area contributed by atoms with Gasteiger partial charge in [0.25, 0.3) is 5.91 Å². The molecule has 0 aliphatic heterocycles. The van der Waals surface area contributed by atoms with E-state index in [-0.39, 0.29) is 10.9 Å². The molecule has 0 bridgehead atoms. The highest BCUT2D eigenvalue weighted by Crippen LogP contribution is 2.30. The molecule has 5 nitrogen and oxygen atoms in total. The number of halogens is 2. The Kier molecular flexibility index (Phi) is 5.40. The molecular weight excluding hydrogens is 373 g/mol. The Morgan fingerprint density at radius 1 is 1.12 bits per heavy atom. The number of methoxy groups -OCH3 is 1. The third kappa shape index (κ3) is 3.79. The van der Waals surface area contributed by atoms with Crippen LogP contribution >= 0.6 is 23.2 Å². The summed E-state index contributed by atoms with van der Waals surface area (Å²) < 4.78 is 5.14. The van der Waals surface area contributed by atoms with Crippen LogP contribution in [0.4, 0.5) is 5.69 Å². The fraction of sp³-hybridized carbons (Fsp3) is 0.105. The van der Waals surface area contributed by atoms with Crippen LogP contribution in [0.2, 0.25) is 10.0 Å². The summed E-state index contributed by atoms with van der Waals surface area (Å²) in [6.45, 7) is 1.75. The summed E-state index contributed by atoms with van der Waals surface area (Å²) in [5.74, 6) is 0.926. The molecule has 26 heavy (non-hydrogen) atoms. The van der Waals surface area contributed by atoms with Crippen LogP contribution in [0.5, 0.6) is 5.75 Å². The molecule has 132 valence electrons. The van der Waals surface area contributed by atoms with E-state index < -0.39 is 0 Å². The summed E-state index contributed by atoms with van der Waals surface area (Å²) in [5.41, 5.74) is 2.18. The number of carbonyl (C=O) groups excluding carboxylic acids is 1. The van der Waals surface area contributed by atoms with E-state index in [1.807, 2.05) is 24.3 Å². The van der Waals surface area contributed by atoms with Crippen molar-refractivity contribution in [1.82, 2.24) is 9.97 Å². The Morgan fingerprint density at radius 3 is 2.50 bits per heavy atom. The molecule has 1 amide bonds. The molecule has 0 atom stereocenters. The Bertz CT molecular complexity index is 959. The van der Waals surface area contributed by atoms with Gasteiger partial charge in [0.2, 0.25) is 0 Å². The molecule has 3 aromatic rings. The van der Waals surface area contributed by atoms with Crippen molar-refractivity contribution in [2.24, 2.45) is 0 Å². The second-order valence-corrected chi connectivity index (χ2v) is 6.26. The molecule has 0 aliphatic carbocycles. The largest absolute Gasteiger partial charge is 0.497 e. The molecule has 0 fully saturated rings. The molecule has 0 spiro atoms. The number of rotatable bonds is 4. The standard InChI is InChI=1S/C19H15Cl2N3O2/c1-11-14(19(25)24-16-5-3-4-15(20)17(16)21)10-22-18(23-11)12-6-8-13(26-2)9-7-12/h3-10H,1-2H3,(H,24,25). The molecule has 0 saturated heterocycles. The minimum Gasteiger partial charge on any atom is -0.497 e. The van der Waals surface area contributed by atoms with E-state index in [1.54, 1.807) is 32.2 Å². The summed E-state index contributed by atoms with van der Waals surface area (Å²) in [6.07, 6.45) is 1.50. The van der Waals surface area contributed by atoms with Gasteiger partial charge in [-0.3, -0.25) is 4.79 Å². The number of aryl methyl sites for hydroxylation is 1. The maximum absolute atomic E-state index is 12.5. The zero-order valence-corrected chi connectivity index (χ0v) is 15.6. The van der Waals surface area contributed by atoms with Crippen LogP contribution in [0.3, 0.4) is 0 Å². The lowest BCUT2D eigenvalue weighted by molar-refractivity contribution is 0.102. The first-order valence-electron chi connectivity index (χ1n) is 7.73. The highest BCUT2D eigenvalue weighted by atomic mass is 35.5. The average Bonchev–Trinajstić information content (AvgIpc) is 2.65. The first kappa shape index (κ1) is 18.2. The van der Waals surface area contributed by atoms with Crippen LogP contribution < -0.4 is 10.1 Å². The van der Waals surface area contributed by atoms with E-state index in [0.29, 0.717) is 27.8 Å². The smallest absolute Gasteiger partial charge is 0.259 e. The predicted molar refractivity (Wildman–Crippen MR) is 103 cm³/mol. The molecule has 1 aromatic heterocycles. The van der Waals surface area contributed by atoms with Gasteiger partial charge >= 0.3 is 0 Å². The average molecular weight is 388 g/mol. The second kappa shape index (κ2) is 7.72. The summed E-state index contributed by atoms with van der Waals surface area (Å²) in [4.78, 5) is 21.2. The van der Waals surface area contributed by atoms with Crippen LogP contribution in [0, 0.1) is 6.92 Å². The molecular formula is C19H15Cl2N3O2. The second-order valence-electron chi connectivity index (χ2n) is 5.48. The maximum atomic E-state index is 12.5. The SMILES string of the molecule is COc1ccc(-c2ncc(C(=O)Nc3cccc(Cl)c3Cl)c(C)n2)cc1. The van der Waals surface area contributed by atoms with Gasteiger partial charge in [-0.1, -0.05) is 29.3 Å². The number of amides is 1. The molecule has 0 saturated carbocycles. The molecule has 3 rings (SSSR count). The molecule has 0 unspecified atom stereocenters.